The van der Waals surface area contributed by atoms with Crippen LogP contribution < -0.4 is 10.9 Å². The molecule has 0 saturated carbocycles. The first-order valence-electron chi connectivity index (χ1n) is 7.35. The first-order valence-corrected chi connectivity index (χ1v) is 8.12. The molecule has 0 spiro atoms. The predicted molar refractivity (Wildman–Crippen MR) is 87.5 cm³/mol. The van der Waals surface area contributed by atoms with Gasteiger partial charge in [-0.2, -0.15) is 0 Å². The lowest BCUT2D eigenvalue weighted by molar-refractivity contribution is -0.121. The number of rotatable bonds is 7. The summed E-state index contributed by atoms with van der Waals surface area (Å²) in [6.45, 7) is 7.61. The number of ether oxygens (including phenoxy) is 1. The number of amides is 1. The standard InChI is InChI=1S/C15H21N3O3S/c1-4-21-7-5-6-16-12(19)9-18-15(20)13-10(2)8-11(3)17-14(13)22-18/h8H,4-7,9H2,1-3H3,(H,16,19). The molecule has 120 valence electrons. The maximum atomic E-state index is 12.3. The van der Waals surface area contributed by atoms with Gasteiger partial charge in [0.2, 0.25) is 5.91 Å². The summed E-state index contributed by atoms with van der Waals surface area (Å²) < 4.78 is 6.66. The largest absolute Gasteiger partial charge is 0.382 e. The van der Waals surface area contributed by atoms with Crippen LogP contribution in [0, 0.1) is 13.8 Å². The van der Waals surface area contributed by atoms with Gasteiger partial charge in [-0.1, -0.05) is 0 Å². The first-order chi connectivity index (χ1) is 10.5. The Balaban J connectivity index is 2.03. The number of carbonyl (C=O) groups is 1. The van der Waals surface area contributed by atoms with Crippen molar-refractivity contribution in [3.05, 3.63) is 27.7 Å². The van der Waals surface area contributed by atoms with Crippen molar-refractivity contribution in [3.63, 3.8) is 0 Å². The third kappa shape index (κ3) is 3.92. The van der Waals surface area contributed by atoms with E-state index in [1.165, 1.54) is 15.5 Å². The van der Waals surface area contributed by atoms with Gasteiger partial charge in [-0.15, -0.1) is 0 Å². The van der Waals surface area contributed by atoms with E-state index >= 15 is 0 Å². The van der Waals surface area contributed by atoms with Gasteiger partial charge >= 0.3 is 0 Å². The highest BCUT2D eigenvalue weighted by molar-refractivity contribution is 7.13. The monoisotopic (exact) mass is 323 g/mol. The van der Waals surface area contributed by atoms with E-state index in [0.29, 0.717) is 30.0 Å². The average molecular weight is 323 g/mol. The van der Waals surface area contributed by atoms with Crippen molar-refractivity contribution in [2.45, 2.75) is 33.7 Å². The zero-order valence-electron chi connectivity index (χ0n) is 13.1. The summed E-state index contributed by atoms with van der Waals surface area (Å²) in [5.41, 5.74) is 1.63. The molecule has 0 atom stereocenters. The lowest BCUT2D eigenvalue weighted by Gasteiger charge is -2.05. The number of carbonyl (C=O) groups excluding carboxylic acids is 1. The summed E-state index contributed by atoms with van der Waals surface area (Å²) >= 11 is 1.24. The van der Waals surface area contributed by atoms with E-state index in [4.69, 9.17) is 4.74 Å². The molecule has 2 rings (SSSR count). The third-order valence-electron chi connectivity index (χ3n) is 3.23. The fraction of sp³-hybridized carbons (Fsp3) is 0.533. The molecule has 7 heteroatoms. The normalized spacial score (nSPS) is 11.0. The van der Waals surface area contributed by atoms with Gasteiger partial charge in [0.1, 0.15) is 11.4 Å². The minimum atomic E-state index is -0.167. The second-order valence-corrected chi connectivity index (χ2v) is 6.10. The van der Waals surface area contributed by atoms with Crippen LogP contribution in [-0.4, -0.2) is 34.6 Å². The molecule has 2 aromatic rings. The Bertz CT molecular complexity index is 721. The number of pyridine rings is 1. The van der Waals surface area contributed by atoms with Gasteiger partial charge in [0.15, 0.2) is 0 Å². The Morgan fingerprint density at radius 2 is 2.23 bits per heavy atom. The van der Waals surface area contributed by atoms with Gasteiger partial charge in [0.05, 0.1) is 5.39 Å². The molecule has 22 heavy (non-hydrogen) atoms. The molecule has 0 unspecified atom stereocenters. The van der Waals surface area contributed by atoms with Crippen molar-refractivity contribution in [1.82, 2.24) is 14.3 Å². The van der Waals surface area contributed by atoms with E-state index in [9.17, 15) is 9.59 Å². The highest BCUT2D eigenvalue weighted by Gasteiger charge is 2.14. The number of aryl methyl sites for hydroxylation is 2. The van der Waals surface area contributed by atoms with Crippen LogP contribution in [-0.2, 0) is 16.1 Å². The molecular weight excluding hydrogens is 302 g/mol. The van der Waals surface area contributed by atoms with Gasteiger partial charge < -0.3 is 10.1 Å². The highest BCUT2D eigenvalue weighted by atomic mass is 32.1. The van der Waals surface area contributed by atoms with E-state index in [0.717, 1.165) is 17.7 Å². The maximum absolute atomic E-state index is 12.3. The molecule has 2 aromatic heterocycles. The number of hydrogen-bond acceptors (Lipinski definition) is 5. The Labute approximate surface area is 133 Å². The van der Waals surface area contributed by atoms with Gasteiger partial charge in [-0.25, -0.2) is 4.98 Å². The average Bonchev–Trinajstić information content (AvgIpc) is 2.75. The summed E-state index contributed by atoms with van der Waals surface area (Å²) in [7, 11) is 0. The van der Waals surface area contributed by atoms with Crippen LogP contribution in [0.2, 0.25) is 0 Å². The fourth-order valence-electron chi connectivity index (χ4n) is 2.24. The number of hydrogen-bond donors (Lipinski definition) is 1. The first kappa shape index (κ1) is 16.6. The number of nitrogens with zero attached hydrogens (tertiary/aromatic N) is 2. The molecule has 2 heterocycles. The van der Waals surface area contributed by atoms with Crippen molar-refractivity contribution in [2.75, 3.05) is 19.8 Å². The number of nitrogens with one attached hydrogen (secondary N) is 1. The third-order valence-corrected chi connectivity index (χ3v) is 4.21. The molecular formula is C15H21N3O3S. The molecule has 0 aromatic carbocycles. The quantitative estimate of drug-likeness (QED) is 0.786. The maximum Gasteiger partial charge on any atom is 0.270 e. The van der Waals surface area contributed by atoms with Crippen molar-refractivity contribution in [2.24, 2.45) is 0 Å². The van der Waals surface area contributed by atoms with Crippen molar-refractivity contribution in [1.29, 1.82) is 0 Å². The highest BCUT2D eigenvalue weighted by Crippen LogP contribution is 2.18. The van der Waals surface area contributed by atoms with Gasteiger partial charge in [0, 0.05) is 25.5 Å². The predicted octanol–water partition coefficient (Wildman–Crippen LogP) is 1.62. The molecule has 1 amide bonds. The Kier molecular flexibility index (Phi) is 5.68. The van der Waals surface area contributed by atoms with Gasteiger partial charge in [0.25, 0.3) is 5.56 Å². The SMILES string of the molecule is CCOCCCNC(=O)Cn1sc2nc(C)cc(C)c2c1=O. The van der Waals surface area contributed by atoms with Crippen LogP contribution in [0.15, 0.2) is 10.9 Å². The van der Waals surface area contributed by atoms with Crippen LogP contribution in [0.5, 0.6) is 0 Å². The van der Waals surface area contributed by atoms with E-state index in [2.05, 4.69) is 10.3 Å². The summed E-state index contributed by atoms with van der Waals surface area (Å²) in [6, 6.07) is 1.88. The number of aromatic nitrogens is 2. The zero-order chi connectivity index (χ0) is 16.1. The van der Waals surface area contributed by atoms with E-state index in [1.54, 1.807) is 0 Å². The molecule has 6 nitrogen and oxygen atoms in total. The van der Waals surface area contributed by atoms with Crippen LogP contribution >= 0.6 is 11.5 Å². The number of fused-ring (bicyclic) bond motifs is 1. The molecule has 0 aliphatic heterocycles. The fourth-order valence-corrected chi connectivity index (χ4v) is 3.33. The van der Waals surface area contributed by atoms with Crippen LogP contribution in [0.1, 0.15) is 24.6 Å². The van der Waals surface area contributed by atoms with Crippen LogP contribution in [0.4, 0.5) is 0 Å². The smallest absolute Gasteiger partial charge is 0.270 e. The van der Waals surface area contributed by atoms with Gasteiger partial charge in [-0.05, 0) is 50.4 Å². The Morgan fingerprint density at radius 3 is 2.95 bits per heavy atom. The van der Waals surface area contributed by atoms with Crippen LogP contribution in [0.25, 0.3) is 10.2 Å². The van der Waals surface area contributed by atoms with Crippen LogP contribution in [0.3, 0.4) is 0 Å². The van der Waals surface area contributed by atoms with E-state index < -0.39 is 0 Å². The minimum Gasteiger partial charge on any atom is -0.382 e. The lowest BCUT2D eigenvalue weighted by Crippen LogP contribution is -2.31. The van der Waals surface area contributed by atoms with Crippen molar-refractivity contribution >= 4 is 27.7 Å². The summed E-state index contributed by atoms with van der Waals surface area (Å²) in [5, 5.41) is 3.41. The summed E-state index contributed by atoms with van der Waals surface area (Å²) in [6.07, 6.45) is 0.765. The molecule has 0 saturated heterocycles. The second kappa shape index (κ2) is 7.51. The summed E-state index contributed by atoms with van der Waals surface area (Å²) in [5.74, 6) is -0.167. The van der Waals surface area contributed by atoms with E-state index in [1.807, 2.05) is 26.8 Å². The minimum absolute atomic E-state index is 0.0347. The topological polar surface area (TPSA) is 73.2 Å². The molecule has 0 radical (unpaired) electrons. The van der Waals surface area contributed by atoms with Crippen molar-refractivity contribution < 1.29 is 9.53 Å². The molecule has 0 bridgehead atoms. The van der Waals surface area contributed by atoms with Crippen molar-refractivity contribution in [3.8, 4) is 0 Å². The molecule has 0 aliphatic rings. The molecule has 0 aliphatic carbocycles. The molecule has 0 fully saturated rings. The molecule has 1 N–H and O–H groups in total. The zero-order valence-corrected chi connectivity index (χ0v) is 14.0. The Hall–Kier alpha value is -1.73. The lowest BCUT2D eigenvalue weighted by atomic mass is 10.2. The van der Waals surface area contributed by atoms with Gasteiger partial charge in [-0.3, -0.25) is 13.5 Å². The summed E-state index contributed by atoms with van der Waals surface area (Å²) in [4.78, 5) is 29.3. The Morgan fingerprint density at radius 1 is 1.45 bits per heavy atom. The second-order valence-electron chi connectivity index (χ2n) is 5.09. The van der Waals surface area contributed by atoms with E-state index in [-0.39, 0.29) is 18.0 Å².